The second kappa shape index (κ2) is 6.31. The van der Waals surface area contributed by atoms with E-state index in [0.717, 1.165) is 18.5 Å². The molecule has 0 radical (unpaired) electrons. The summed E-state index contributed by atoms with van der Waals surface area (Å²) in [6.45, 7) is 8.32. The zero-order chi connectivity index (χ0) is 13.8. The lowest BCUT2D eigenvalue weighted by atomic mass is 10.1. The summed E-state index contributed by atoms with van der Waals surface area (Å²) in [5.41, 5.74) is 2.08. The second-order valence-electron chi connectivity index (χ2n) is 5.40. The molecule has 104 valence electrons. The maximum Gasteiger partial charge on any atom is 0.176 e. The van der Waals surface area contributed by atoms with E-state index in [4.69, 9.17) is 4.74 Å². The molecule has 19 heavy (non-hydrogen) atoms. The fourth-order valence-electron chi connectivity index (χ4n) is 2.39. The first kappa shape index (κ1) is 14.2. The Kier molecular flexibility index (Phi) is 4.72. The molecule has 0 saturated carbocycles. The van der Waals surface area contributed by atoms with Crippen LogP contribution in [0.2, 0.25) is 0 Å². The second-order valence-corrected chi connectivity index (χ2v) is 5.40. The van der Waals surface area contributed by atoms with Gasteiger partial charge in [0.1, 0.15) is 0 Å². The number of nitrogens with zero attached hydrogens (tertiary/aromatic N) is 1. The highest BCUT2D eigenvalue weighted by atomic mass is 16.5. The van der Waals surface area contributed by atoms with E-state index in [1.165, 1.54) is 5.56 Å². The van der Waals surface area contributed by atoms with Crippen molar-refractivity contribution in [3.05, 3.63) is 35.4 Å². The molecular weight excluding hydrogens is 238 g/mol. The van der Waals surface area contributed by atoms with Gasteiger partial charge in [0.05, 0.1) is 19.3 Å². The van der Waals surface area contributed by atoms with Crippen molar-refractivity contribution in [1.29, 1.82) is 0 Å². The van der Waals surface area contributed by atoms with E-state index in [1.807, 2.05) is 24.3 Å². The van der Waals surface area contributed by atoms with Gasteiger partial charge in [0, 0.05) is 18.2 Å². The molecule has 1 aliphatic heterocycles. The molecule has 0 N–H and O–H groups in total. The number of carbonyl (C=O) groups is 1. The van der Waals surface area contributed by atoms with Crippen LogP contribution in [-0.4, -0.2) is 42.5 Å². The highest BCUT2D eigenvalue weighted by Gasteiger charge is 2.25. The summed E-state index contributed by atoms with van der Waals surface area (Å²) in [6, 6.07) is 8.28. The van der Waals surface area contributed by atoms with Gasteiger partial charge in [0.25, 0.3) is 0 Å². The SMILES string of the molecule is CCc1ccc(C(=O)CN2CC(C)OCC2C)cc1. The van der Waals surface area contributed by atoms with Crippen LogP contribution in [0.3, 0.4) is 0 Å². The van der Waals surface area contributed by atoms with Gasteiger partial charge in [-0.05, 0) is 25.8 Å². The number of Topliss-reactive ketones (excluding diaryl/α,β-unsaturated/α-hetero) is 1. The average molecular weight is 261 g/mol. The predicted molar refractivity (Wildman–Crippen MR) is 76.6 cm³/mol. The number of rotatable bonds is 4. The van der Waals surface area contributed by atoms with Crippen LogP contribution in [0.1, 0.15) is 36.7 Å². The fourth-order valence-corrected chi connectivity index (χ4v) is 2.39. The van der Waals surface area contributed by atoms with Gasteiger partial charge in [-0.1, -0.05) is 31.2 Å². The first-order chi connectivity index (χ1) is 9.10. The molecule has 1 aromatic rings. The van der Waals surface area contributed by atoms with Crippen molar-refractivity contribution in [2.45, 2.75) is 39.3 Å². The standard InChI is InChI=1S/C16H23NO2/c1-4-14-5-7-15(8-6-14)16(18)10-17-9-13(3)19-11-12(17)2/h5-8,12-13H,4,9-11H2,1-3H3. The van der Waals surface area contributed by atoms with Crippen molar-refractivity contribution >= 4 is 5.78 Å². The molecule has 1 aliphatic rings. The number of ketones is 1. The van der Waals surface area contributed by atoms with Crippen LogP contribution < -0.4 is 0 Å². The number of ether oxygens (including phenoxy) is 1. The Morgan fingerprint density at radius 1 is 1.32 bits per heavy atom. The number of hydrogen-bond donors (Lipinski definition) is 0. The molecule has 2 atom stereocenters. The number of morpholine rings is 1. The highest BCUT2D eigenvalue weighted by Crippen LogP contribution is 2.13. The van der Waals surface area contributed by atoms with Gasteiger partial charge in [-0.15, -0.1) is 0 Å². The average Bonchev–Trinajstić information content (AvgIpc) is 2.43. The summed E-state index contributed by atoms with van der Waals surface area (Å²) in [5, 5.41) is 0. The Balaban J connectivity index is 1.99. The van der Waals surface area contributed by atoms with Crippen molar-refractivity contribution in [1.82, 2.24) is 4.90 Å². The van der Waals surface area contributed by atoms with Crippen LogP contribution in [0.4, 0.5) is 0 Å². The summed E-state index contributed by atoms with van der Waals surface area (Å²) in [6.07, 6.45) is 1.22. The molecule has 0 amide bonds. The van der Waals surface area contributed by atoms with Crippen LogP contribution in [0.25, 0.3) is 0 Å². The number of aryl methyl sites for hydroxylation is 1. The summed E-state index contributed by atoms with van der Waals surface area (Å²) >= 11 is 0. The van der Waals surface area contributed by atoms with Crippen molar-refractivity contribution in [2.24, 2.45) is 0 Å². The maximum atomic E-state index is 12.3. The summed E-state index contributed by atoms with van der Waals surface area (Å²) in [5.74, 6) is 0.198. The molecule has 2 rings (SSSR count). The summed E-state index contributed by atoms with van der Waals surface area (Å²) < 4.78 is 5.58. The minimum Gasteiger partial charge on any atom is -0.376 e. The fraction of sp³-hybridized carbons (Fsp3) is 0.562. The summed E-state index contributed by atoms with van der Waals surface area (Å²) in [4.78, 5) is 14.5. The Hall–Kier alpha value is -1.19. The molecule has 0 bridgehead atoms. The van der Waals surface area contributed by atoms with Gasteiger partial charge in [0.2, 0.25) is 0 Å². The van der Waals surface area contributed by atoms with Crippen molar-refractivity contribution in [2.75, 3.05) is 19.7 Å². The van der Waals surface area contributed by atoms with Crippen LogP contribution in [0, 0.1) is 0 Å². The van der Waals surface area contributed by atoms with E-state index >= 15 is 0 Å². The molecule has 1 saturated heterocycles. The molecule has 1 heterocycles. The highest BCUT2D eigenvalue weighted by molar-refractivity contribution is 5.97. The number of benzene rings is 1. The van der Waals surface area contributed by atoms with Gasteiger partial charge in [0.15, 0.2) is 5.78 Å². The van der Waals surface area contributed by atoms with Crippen molar-refractivity contribution in [3.8, 4) is 0 Å². The van der Waals surface area contributed by atoms with Gasteiger partial charge < -0.3 is 4.74 Å². The van der Waals surface area contributed by atoms with Crippen LogP contribution >= 0.6 is 0 Å². The molecule has 1 fully saturated rings. The normalized spacial score (nSPS) is 24.4. The quantitative estimate of drug-likeness (QED) is 0.780. The van der Waals surface area contributed by atoms with Crippen molar-refractivity contribution < 1.29 is 9.53 Å². The Morgan fingerprint density at radius 2 is 2.00 bits per heavy atom. The zero-order valence-corrected chi connectivity index (χ0v) is 12.1. The third-order valence-electron chi connectivity index (χ3n) is 3.77. The lowest BCUT2D eigenvalue weighted by molar-refractivity contribution is -0.0460. The monoisotopic (exact) mass is 261 g/mol. The van der Waals surface area contributed by atoms with Gasteiger partial charge in [-0.3, -0.25) is 9.69 Å². The van der Waals surface area contributed by atoms with E-state index in [0.29, 0.717) is 19.2 Å². The van der Waals surface area contributed by atoms with Gasteiger partial charge in [-0.25, -0.2) is 0 Å². The molecule has 2 unspecified atom stereocenters. The molecule has 3 nitrogen and oxygen atoms in total. The number of carbonyl (C=O) groups excluding carboxylic acids is 1. The smallest absolute Gasteiger partial charge is 0.176 e. The Morgan fingerprint density at radius 3 is 2.63 bits per heavy atom. The minimum absolute atomic E-state index is 0.198. The Labute approximate surface area is 115 Å². The summed E-state index contributed by atoms with van der Waals surface area (Å²) in [7, 11) is 0. The molecular formula is C16H23NO2. The topological polar surface area (TPSA) is 29.5 Å². The molecule has 3 heteroatoms. The van der Waals surface area contributed by atoms with Gasteiger partial charge >= 0.3 is 0 Å². The molecule has 0 aliphatic carbocycles. The first-order valence-corrected chi connectivity index (χ1v) is 7.08. The van der Waals surface area contributed by atoms with Crippen LogP contribution in [0.15, 0.2) is 24.3 Å². The van der Waals surface area contributed by atoms with E-state index < -0.39 is 0 Å². The third kappa shape index (κ3) is 3.64. The molecule has 1 aromatic carbocycles. The molecule has 0 spiro atoms. The largest absolute Gasteiger partial charge is 0.376 e. The third-order valence-corrected chi connectivity index (χ3v) is 3.77. The van der Waals surface area contributed by atoms with Crippen LogP contribution in [-0.2, 0) is 11.2 Å². The lowest BCUT2D eigenvalue weighted by Gasteiger charge is -2.36. The predicted octanol–water partition coefficient (Wildman–Crippen LogP) is 2.54. The van der Waals surface area contributed by atoms with Gasteiger partial charge in [-0.2, -0.15) is 0 Å². The Bertz CT molecular complexity index is 427. The lowest BCUT2D eigenvalue weighted by Crippen LogP contribution is -2.49. The molecule has 0 aromatic heterocycles. The van der Waals surface area contributed by atoms with E-state index in [1.54, 1.807) is 0 Å². The minimum atomic E-state index is 0.198. The van der Waals surface area contributed by atoms with E-state index in [9.17, 15) is 4.79 Å². The maximum absolute atomic E-state index is 12.3. The first-order valence-electron chi connectivity index (χ1n) is 7.08. The number of hydrogen-bond acceptors (Lipinski definition) is 3. The van der Waals surface area contributed by atoms with E-state index in [2.05, 4.69) is 25.7 Å². The van der Waals surface area contributed by atoms with E-state index in [-0.39, 0.29) is 11.9 Å². The van der Waals surface area contributed by atoms with Crippen LogP contribution in [0.5, 0.6) is 0 Å². The zero-order valence-electron chi connectivity index (χ0n) is 12.1. The van der Waals surface area contributed by atoms with Crippen molar-refractivity contribution in [3.63, 3.8) is 0 Å².